The highest BCUT2D eigenvalue weighted by Gasteiger charge is 2.29. The number of pyridine rings is 1. The Hall–Kier alpha value is -2.21. The van der Waals surface area contributed by atoms with Gasteiger partial charge in [0, 0.05) is 25.4 Å². The highest BCUT2D eigenvalue weighted by Crippen LogP contribution is 2.34. The number of nitro benzene ring substituents is 1. The van der Waals surface area contributed by atoms with Crippen molar-refractivity contribution in [2.75, 3.05) is 18.0 Å². The molecule has 21 heavy (non-hydrogen) atoms. The van der Waals surface area contributed by atoms with Crippen molar-refractivity contribution < 1.29 is 10.0 Å². The molecule has 3 rings (SSSR count). The van der Waals surface area contributed by atoms with E-state index >= 15 is 0 Å². The summed E-state index contributed by atoms with van der Waals surface area (Å²) in [5.41, 5.74) is 0.992. The minimum absolute atomic E-state index is 0.0749. The lowest BCUT2D eigenvalue weighted by molar-refractivity contribution is -0.383. The SMILES string of the molecule is CC1(O)CCN(c2ccc([N+](=O)[O-])c3cccnc23)CC1. The van der Waals surface area contributed by atoms with E-state index in [1.807, 2.05) is 6.92 Å². The molecule has 6 nitrogen and oxygen atoms in total. The number of fused-ring (bicyclic) bond motifs is 1. The summed E-state index contributed by atoms with van der Waals surface area (Å²) in [5, 5.41) is 21.7. The third kappa shape index (κ3) is 2.54. The second-order valence-corrected chi connectivity index (χ2v) is 5.74. The van der Waals surface area contributed by atoms with Crippen LogP contribution in [0, 0.1) is 10.1 Å². The molecular formula is C15H17N3O3. The second kappa shape index (κ2) is 4.96. The molecule has 6 heteroatoms. The van der Waals surface area contributed by atoms with Gasteiger partial charge in [0.25, 0.3) is 5.69 Å². The van der Waals surface area contributed by atoms with Gasteiger partial charge in [-0.3, -0.25) is 15.1 Å². The zero-order valence-corrected chi connectivity index (χ0v) is 11.8. The van der Waals surface area contributed by atoms with Crippen LogP contribution >= 0.6 is 0 Å². The fourth-order valence-electron chi connectivity index (χ4n) is 2.79. The summed E-state index contributed by atoms with van der Waals surface area (Å²) in [7, 11) is 0. The molecule has 1 aliphatic rings. The maximum absolute atomic E-state index is 11.1. The molecule has 2 heterocycles. The average molecular weight is 287 g/mol. The zero-order valence-electron chi connectivity index (χ0n) is 11.8. The van der Waals surface area contributed by atoms with Gasteiger partial charge < -0.3 is 10.0 Å². The van der Waals surface area contributed by atoms with Crippen LogP contribution < -0.4 is 4.90 Å². The number of rotatable bonds is 2. The average Bonchev–Trinajstić information content (AvgIpc) is 2.46. The van der Waals surface area contributed by atoms with Crippen LogP contribution in [0.2, 0.25) is 0 Å². The smallest absolute Gasteiger partial charge is 0.278 e. The van der Waals surface area contributed by atoms with Crippen molar-refractivity contribution >= 4 is 22.3 Å². The second-order valence-electron chi connectivity index (χ2n) is 5.74. The summed E-state index contributed by atoms with van der Waals surface area (Å²) in [6, 6.07) is 6.73. The molecule has 1 aromatic carbocycles. The molecule has 0 bridgehead atoms. The molecule has 0 spiro atoms. The number of anilines is 1. The fraction of sp³-hybridized carbons (Fsp3) is 0.400. The molecule has 0 atom stereocenters. The molecule has 1 N–H and O–H groups in total. The Labute approximate surface area is 122 Å². The van der Waals surface area contributed by atoms with E-state index in [9.17, 15) is 15.2 Å². The van der Waals surface area contributed by atoms with Gasteiger partial charge in [0.15, 0.2) is 0 Å². The van der Waals surface area contributed by atoms with Crippen LogP contribution in [0.15, 0.2) is 30.5 Å². The van der Waals surface area contributed by atoms with Gasteiger partial charge in [-0.25, -0.2) is 0 Å². The Morgan fingerprint density at radius 1 is 1.33 bits per heavy atom. The van der Waals surface area contributed by atoms with E-state index in [0.717, 1.165) is 18.8 Å². The van der Waals surface area contributed by atoms with Crippen LogP contribution in [0.25, 0.3) is 10.9 Å². The van der Waals surface area contributed by atoms with E-state index in [4.69, 9.17) is 0 Å². The fourth-order valence-corrected chi connectivity index (χ4v) is 2.79. The largest absolute Gasteiger partial charge is 0.390 e. The Morgan fingerprint density at radius 2 is 2.05 bits per heavy atom. The van der Waals surface area contributed by atoms with E-state index < -0.39 is 5.60 Å². The first kappa shape index (κ1) is 13.8. The molecule has 1 aromatic heterocycles. The van der Waals surface area contributed by atoms with Crippen molar-refractivity contribution in [2.45, 2.75) is 25.4 Å². The Kier molecular flexibility index (Phi) is 3.25. The van der Waals surface area contributed by atoms with E-state index in [1.54, 1.807) is 24.4 Å². The standard InChI is InChI=1S/C15H17N3O3/c1-15(19)6-9-17(10-7-15)13-5-4-12(18(20)21)11-3-2-8-16-14(11)13/h2-5,8,19H,6-7,9-10H2,1H3. The molecule has 110 valence electrons. The van der Waals surface area contributed by atoms with Gasteiger partial charge in [0.2, 0.25) is 0 Å². The molecule has 2 aromatic rings. The van der Waals surface area contributed by atoms with Crippen molar-refractivity contribution in [1.29, 1.82) is 0 Å². The summed E-state index contributed by atoms with van der Waals surface area (Å²) in [6.45, 7) is 3.28. The molecule has 0 saturated carbocycles. The zero-order chi connectivity index (χ0) is 15.0. The van der Waals surface area contributed by atoms with Gasteiger partial charge in [-0.15, -0.1) is 0 Å². The Bertz CT molecular complexity index is 690. The van der Waals surface area contributed by atoms with Crippen molar-refractivity contribution in [3.63, 3.8) is 0 Å². The van der Waals surface area contributed by atoms with Crippen molar-refractivity contribution in [1.82, 2.24) is 4.98 Å². The minimum atomic E-state index is -0.624. The number of aromatic nitrogens is 1. The predicted octanol–water partition coefficient (Wildman–Crippen LogP) is 2.49. The van der Waals surface area contributed by atoms with E-state index in [1.165, 1.54) is 6.07 Å². The minimum Gasteiger partial charge on any atom is -0.390 e. The summed E-state index contributed by atoms with van der Waals surface area (Å²) in [4.78, 5) is 17.2. The van der Waals surface area contributed by atoms with E-state index in [2.05, 4.69) is 9.88 Å². The summed E-state index contributed by atoms with van der Waals surface area (Å²) in [6.07, 6.45) is 3.01. The number of nitro groups is 1. The lowest BCUT2D eigenvalue weighted by atomic mass is 9.93. The predicted molar refractivity (Wildman–Crippen MR) is 80.5 cm³/mol. The lowest BCUT2D eigenvalue weighted by Gasteiger charge is -2.37. The summed E-state index contributed by atoms with van der Waals surface area (Å²) >= 11 is 0. The monoisotopic (exact) mass is 287 g/mol. The highest BCUT2D eigenvalue weighted by molar-refractivity contribution is 5.97. The van der Waals surface area contributed by atoms with Crippen molar-refractivity contribution in [3.8, 4) is 0 Å². The van der Waals surface area contributed by atoms with Crippen LogP contribution in [-0.4, -0.2) is 33.7 Å². The van der Waals surface area contributed by atoms with Gasteiger partial charge in [-0.05, 0) is 38.0 Å². The normalized spacial score (nSPS) is 17.9. The summed E-state index contributed by atoms with van der Waals surface area (Å²) in [5.74, 6) is 0. The molecule has 0 amide bonds. The third-order valence-electron chi connectivity index (χ3n) is 4.10. The lowest BCUT2D eigenvalue weighted by Crippen LogP contribution is -2.42. The van der Waals surface area contributed by atoms with Gasteiger partial charge in [-0.1, -0.05) is 0 Å². The summed E-state index contributed by atoms with van der Waals surface area (Å²) < 4.78 is 0. The number of aliphatic hydroxyl groups is 1. The molecule has 0 unspecified atom stereocenters. The molecule has 0 radical (unpaired) electrons. The topological polar surface area (TPSA) is 79.5 Å². The molecule has 1 fully saturated rings. The number of nitrogens with zero attached hydrogens (tertiary/aromatic N) is 3. The molecule has 1 aliphatic heterocycles. The van der Waals surface area contributed by atoms with E-state index in [0.29, 0.717) is 23.7 Å². The first-order valence-corrected chi connectivity index (χ1v) is 6.97. The third-order valence-corrected chi connectivity index (χ3v) is 4.10. The molecular weight excluding hydrogens is 270 g/mol. The van der Waals surface area contributed by atoms with Crippen LogP contribution in [0.4, 0.5) is 11.4 Å². The quantitative estimate of drug-likeness (QED) is 0.678. The van der Waals surface area contributed by atoms with Crippen molar-refractivity contribution in [2.24, 2.45) is 0 Å². The van der Waals surface area contributed by atoms with Gasteiger partial charge in [0.05, 0.1) is 21.6 Å². The van der Waals surface area contributed by atoms with Gasteiger partial charge in [-0.2, -0.15) is 0 Å². The Morgan fingerprint density at radius 3 is 2.71 bits per heavy atom. The van der Waals surface area contributed by atoms with Crippen LogP contribution in [-0.2, 0) is 0 Å². The molecule has 0 aliphatic carbocycles. The number of benzene rings is 1. The maximum Gasteiger partial charge on any atom is 0.278 e. The van der Waals surface area contributed by atoms with Crippen LogP contribution in [0.3, 0.4) is 0 Å². The van der Waals surface area contributed by atoms with Gasteiger partial charge >= 0.3 is 0 Å². The van der Waals surface area contributed by atoms with Gasteiger partial charge in [0.1, 0.15) is 5.52 Å². The first-order valence-electron chi connectivity index (χ1n) is 6.97. The maximum atomic E-state index is 11.1. The van der Waals surface area contributed by atoms with Crippen LogP contribution in [0.5, 0.6) is 0 Å². The molecule has 1 saturated heterocycles. The Balaban J connectivity index is 2.05. The highest BCUT2D eigenvalue weighted by atomic mass is 16.6. The number of hydrogen-bond donors (Lipinski definition) is 1. The number of non-ortho nitro benzene ring substituents is 1. The number of piperidine rings is 1. The number of hydrogen-bond acceptors (Lipinski definition) is 5. The first-order chi connectivity index (χ1) is 9.98. The van der Waals surface area contributed by atoms with Crippen LogP contribution in [0.1, 0.15) is 19.8 Å². The van der Waals surface area contributed by atoms with E-state index in [-0.39, 0.29) is 10.6 Å². The van der Waals surface area contributed by atoms with Crippen molar-refractivity contribution in [3.05, 3.63) is 40.6 Å².